The van der Waals surface area contributed by atoms with Crippen LogP contribution in [-0.2, 0) is 4.74 Å². The monoisotopic (exact) mass is 436 g/mol. The molecule has 0 unspecified atom stereocenters. The van der Waals surface area contributed by atoms with E-state index in [0.29, 0.717) is 18.8 Å². The summed E-state index contributed by atoms with van der Waals surface area (Å²) in [5.41, 5.74) is 6.00. The van der Waals surface area contributed by atoms with Crippen LogP contribution in [0, 0.1) is 0 Å². The number of benzene rings is 1. The number of nitrogens with one attached hydrogen (secondary N) is 2. The van der Waals surface area contributed by atoms with Crippen LogP contribution in [-0.4, -0.2) is 37.9 Å². The van der Waals surface area contributed by atoms with Crippen LogP contribution in [0.3, 0.4) is 0 Å². The van der Waals surface area contributed by atoms with Gasteiger partial charge in [-0.25, -0.2) is 4.79 Å². The first-order chi connectivity index (χ1) is 10.3. The molecule has 0 atom stereocenters. The van der Waals surface area contributed by atoms with Crippen molar-refractivity contribution in [3.05, 3.63) is 24.3 Å². The highest BCUT2D eigenvalue weighted by molar-refractivity contribution is 14.0. The minimum atomic E-state index is -0.516. The number of rotatable bonds is 5. The average molecular weight is 436 g/mol. The maximum absolute atomic E-state index is 11.4. The van der Waals surface area contributed by atoms with Gasteiger partial charge in [-0.15, -0.1) is 24.0 Å². The zero-order chi connectivity index (χ0) is 16.6. The van der Waals surface area contributed by atoms with E-state index < -0.39 is 11.7 Å². The van der Waals surface area contributed by atoms with E-state index in [-0.39, 0.29) is 29.9 Å². The number of anilines is 1. The normalized spacial score (nSPS) is 11.2. The number of aliphatic imine (C=N–C) groups is 1. The summed E-state index contributed by atoms with van der Waals surface area (Å²) in [7, 11) is 1.58. The molecular formula is C15H25IN4O3. The molecule has 0 aliphatic heterocycles. The van der Waals surface area contributed by atoms with Crippen LogP contribution >= 0.6 is 24.0 Å². The minimum absolute atomic E-state index is 0. The molecular weight excluding hydrogens is 411 g/mol. The lowest BCUT2D eigenvalue weighted by atomic mass is 10.2. The van der Waals surface area contributed by atoms with E-state index in [1.807, 2.05) is 24.3 Å². The summed E-state index contributed by atoms with van der Waals surface area (Å²) in [5, 5.41) is 5.55. The van der Waals surface area contributed by atoms with Crippen molar-refractivity contribution in [2.75, 3.05) is 25.5 Å². The van der Waals surface area contributed by atoms with Gasteiger partial charge in [0.05, 0.1) is 19.3 Å². The van der Waals surface area contributed by atoms with E-state index in [1.165, 1.54) is 0 Å². The Kier molecular flexibility index (Phi) is 9.38. The average Bonchev–Trinajstić information content (AvgIpc) is 2.42. The van der Waals surface area contributed by atoms with Crippen molar-refractivity contribution in [3.8, 4) is 5.75 Å². The summed E-state index contributed by atoms with van der Waals surface area (Å²) >= 11 is 0. The van der Waals surface area contributed by atoms with Crippen molar-refractivity contribution in [1.82, 2.24) is 5.32 Å². The fraction of sp³-hybridized carbons (Fsp3) is 0.467. The second-order valence-corrected chi connectivity index (χ2v) is 5.52. The number of para-hydroxylation sites is 2. The van der Waals surface area contributed by atoms with E-state index >= 15 is 0 Å². The molecule has 0 radical (unpaired) electrons. The Hall–Kier alpha value is -1.71. The quantitative estimate of drug-likeness (QED) is 0.285. The second-order valence-electron chi connectivity index (χ2n) is 5.52. The molecule has 1 aromatic carbocycles. The number of hydrogen-bond acceptors (Lipinski definition) is 4. The Morgan fingerprint density at radius 1 is 1.30 bits per heavy atom. The lowest BCUT2D eigenvalue weighted by Crippen LogP contribution is -2.34. The van der Waals surface area contributed by atoms with Gasteiger partial charge < -0.3 is 25.8 Å². The summed E-state index contributed by atoms with van der Waals surface area (Å²) in [6, 6.07) is 7.38. The Balaban J connectivity index is 0.00000484. The second kappa shape index (κ2) is 10.1. The standard InChI is InChI=1S/C15H24N4O3.HI/c1-15(2,3)22-14(20)18-10-9-17-13(16)19-11-7-5-6-8-12(11)21-4;/h5-8H,9-10H2,1-4H3,(H,18,20)(H3,16,17,19);1H. The third kappa shape index (κ3) is 9.11. The zero-order valence-electron chi connectivity index (χ0n) is 13.9. The molecule has 0 aromatic heterocycles. The van der Waals surface area contributed by atoms with Crippen molar-refractivity contribution >= 4 is 41.7 Å². The van der Waals surface area contributed by atoms with Gasteiger partial charge in [-0.2, -0.15) is 0 Å². The number of methoxy groups -OCH3 is 1. The van der Waals surface area contributed by atoms with E-state index in [4.69, 9.17) is 15.2 Å². The predicted octanol–water partition coefficient (Wildman–Crippen LogP) is 2.56. The number of carbonyl (C=O) groups excluding carboxylic acids is 1. The number of halogens is 1. The molecule has 130 valence electrons. The molecule has 0 bridgehead atoms. The summed E-state index contributed by atoms with van der Waals surface area (Å²) in [4.78, 5) is 15.6. The Labute approximate surface area is 154 Å². The van der Waals surface area contributed by atoms with Crippen molar-refractivity contribution in [3.63, 3.8) is 0 Å². The topological polar surface area (TPSA) is 98.0 Å². The van der Waals surface area contributed by atoms with Crippen molar-refractivity contribution in [2.24, 2.45) is 10.7 Å². The van der Waals surface area contributed by atoms with Crippen molar-refractivity contribution in [1.29, 1.82) is 0 Å². The highest BCUT2D eigenvalue weighted by Gasteiger charge is 2.15. The number of nitrogens with zero attached hydrogens (tertiary/aromatic N) is 1. The van der Waals surface area contributed by atoms with Crippen LogP contribution in [0.1, 0.15) is 20.8 Å². The molecule has 8 heteroatoms. The van der Waals surface area contributed by atoms with E-state index in [2.05, 4.69) is 15.6 Å². The lowest BCUT2D eigenvalue weighted by molar-refractivity contribution is 0.0529. The summed E-state index contributed by atoms with van der Waals surface area (Å²) < 4.78 is 10.3. The third-order valence-corrected chi connectivity index (χ3v) is 2.43. The van der Waals surface area contributed by atoms with Crippen LogP contribution in [0.15, 0.2) is 29.3 Å². The first kappa shape index (κ1) is 21.3. The first-order valence-electron chi connectivity index (χ1n) is 6.98. The summed E-state index contributed by atoms with van der Waals surface area (Å²) in [5.74, 6) is 0.919. The van der Waals surface area contributed by atoms with Crippen LogP contribution in [0.25, 0.3) is 0 Å². The Morgan fingerprint density at radius 3 is 2.57 bits per heavy atom. The molecule has 1 aromatic rings. The molecule has 1 amide bonds. The molecule has 1 rings (SSSR count). The van der Waals surface area contributed by atoms with Crippen LogP contribution in [0.4, 0.5) is 10.5 Å². The van der Waals surface area contributed by atoms with Crippen molar-refractivity contribution < 1.29 is 14.3 Å². The minimum Gasteiger partial charge on any atom is -0.495 e. The summed E-state index contributed by atoms with van der Waals surface area (Å²) in [6.45, 7) is 6.09. The van der Waals surface area contributed by atoms with Gasteiger partial charge in [0.1, 0.15) is 11.4 Å². The van der Waals surface area contributed by atoms with Crippen LogP contribution < -0.4 is 21.1 Å². The van der Waals surface area contributed by atoms with Gasteiger partial charge in [0.25, 0.3) is 0 Å². The molecule has 0 saturated heterocycles. The number of ether oxygens (including phenoxy) is 2. The molecule has 0 aliphatic carbocycles. The number of amides is 1. The van der Waals surface area contributed by atoms with Gasteiger partial charge in [-0.3, -0.25) is 4.99 Å². The lowest BCUT2D eigenvalue weighted by Gasteiger charge is -2.19. The number of alkyl carbamates (subject to hydrolysis) is 1. The molecule has 4 N–H and O–H groups in total. The highest BCUT2D eigenvalue weighted by Crippen LogP contribution is 2.22. The number of hydrogen-bond donors (Lipinski definition) is 3. The molecule has 0 heterocycles. The Morgan fingerprint density at radius 2 is 1.96 bits per heavy atom. The maximum atomic E-state index is 11.4. The summed E-state index contributed by atoms with van der Waals surface area (Å²) in [6.07, 6.45) is -0.473. The van der Waals surface area contributed by atoms with Crippen LogP contribution in [0.2, 0.25) is 0 Å². The molecule has 0 spiro atoms. The van der Waals surface area contributed by atoms with Gasteiger partial charge in [0, 0.05) is 6.54 Å². The fourth-order valence-corrected chi connectivity index (χ4v) is 1.57. The smallest absolute Gasteiger partial charge is 0.407 e. The number of nitrogens with two attached hydrogens (primary N) is 1. The van der Waals surface area contributed by atoms with E-state index in [9.17, 15) is 4.79 Å². The van der Waals surface area contributed by atoms with Crippen LogP contribution in [0.5, 0.6) is 5.75 Å². The van der Waals surface area contributed by atoms with E-state index in [0.717, 1.165) is 5.69 Å². The highest BCUT2D eigenvalue weighted by atomic mass is 127. The first-order valence-corrected chi connectivity index (χ1v) is 6.98. The van der Waals surface area contributed by atoms with E-state index in [1.54, 1.807) is 27.9 Å². The SMILES string of the molecule is COc1ccccc1NC(N)=NCCNC(=O)OC(C)(C)C.I. The number of carbonyl (C=O) groups is 1. The number of guanidine groups is 1. The maximum Gasteiger partial charge on any atom is 0.407 e. The van der Waals surface area contributed by atoms with Gasteiger partial charge >= 0.3 is 6.09 Å². The molecule has 0 aliphatic rings. The fourth-order valence-electron chi connectivity index (χ4n) is 1.57. The molecule has 0 saturated carbocycles. The molecule has 0 fully saturated rings. The van der Waals surface area contributed by atoms with Gasteiger partial charge in [-0.1, -0.05) is 12.1 Å². The third-order valence-electron chi connectivity index (χ3n) is 2.43. The largest absolute Gasteiger partial charge is 0.495 e. The predicted molar refractivity (Wildman–Crippen MR) is 103 cm³/mol. The van der Waals surface area contributed by atoms with Gasteiger partial charge in [0.2, 0.25) is 0 Å². The molecule has 7 nitrogen and oxygen atoms in total. The Bertz CT molecular complexity index is 530. The molecule has 23 heavy (non-hydrogen) atoms. The van der Waals surface area contributed by atoms with Crippen molar-refractivity contribution in [2.45, 2.75) is 26.4 Å². The van der Waals surface area contributed by atoms with Gasteiger partial charge in [0.15, 0.2) is 5.96 Å². The van der Waals surface area contributed by atoms with Gasteiger partial charge in [-0.05, 0) is 32.9 Å². The zero-order valence-corrected chi connectivity index (χ0v) is 16.2.